The van der Waals surface area contributed by atoms with E-state index in [0.717, 1.165) is 80.3 Å². The van der Waals surface area contributed by atoms with Crippen LogP contribution in [0, 0.1) is 5.92 Å². The number of carbonyl (C=O) groups excluding carboxylic acids is 1. The zero-order valence-corrected chi connectivity index (χ0v) is 29.4. The lowest BCUT2D eigenvalue weighted by molar-refractivity contribution is 0.0374. The maximum absolute atomic E-state index is 13.8. The third kappa shape index (κ3) is 8.04. The summed E-state index contributed by atoms with van der Waals surface area (Å²) in [5.74, 6) is 1.83. The number of benzene rings is 3. The normalized spacial score (nSPS) is 15.8. The highest BCUT2D eigenvalue weighted by Gasteiger charge is 2.27. The molecule has 3 heterocycles. The van der Waals surface area contributed by atoms with Gasteiger partial charge in [-0.15, -0.1) is 0 Å². The number of pyridine rings is 1. The van der Waals surface area contributed by atoms with Gasteiger partial charge in [-0.05, 0) is 66.8 Å². The van der Waals surface area contributed by atoms with E-state index in [4.69, 9.17) is 9.47 Å². The van der Waals surface area contributed by atoms with E-state index in [0.29, 0.717) is 28.9 Å². The quantitative estimate of drug-likeness (QED) is 0.147. The molecule has 0 spiro atoms. The van der Waals surface area contributed by atoms with Crippen LogP contribution in [0.4, 0.5) is 5.69 Å². The standard InChI is InChI=1S/C36H42N4O4.2C2H6/c41-34-28-13-14-30(37-15-6-10-25-8-2-1-3-9-25)35-33(28)40(31-22-26-11-4-5-12-27(26)23-32(31)44-35)24-29(34)36(42)38-16-7-17-39-18-20-43-21-19-39;2*1-2/h4-5,11-14,22-25,37H,1-3,6-10,15-21H2,(H,38,42);2*1-2H3. The van der Waals surface area contributed by atoms with Crippen molar-refractivity contribution in [1.29, 1.82) is 0 Å². The van der Waals surface area contributed by atoms with Crippen LogP contribution in [0.3, 0.4) is 0 Å². The van der Waals surface area contributed by atoms with Crippen molar-refractivity contribution in [2.75, 3.05) is 51.3 Å². The molecule has 0 atom stereocenters. The Morgan fingerprint density at radius 1 is 0.896 bits per heavy atom. The molecule has 1 saturated carbocycles. The number of amides is 1. The van der Waals surface area contributed by atoms with Gasteiger partial charge in [-0.25, -0.2) is 0 Å². The number of carbonyl (C=O) groups is 1. The Balaban J connectivity index is 0.00000109. The summed E-state index contributed by atoms with van der Waals surface area (Å²) < 4.78 is 14.0. The smallest absolute Gasteiger partial charge is 0.256 e. The molecule has 48 heavy (non-hydrogen) atoms. The van der Waals surface area contributed by atoms with E-state index in [1.54, 1.807) is 6.20 Å². The minimum Gasteiger partial charge on any atom is -0.451 e. The Kier molecular flexibility index (Phi) is 12.9. The molecule has 1 amide bonds. The number of rotatable bonds is 10. The highest BCUT2D eigenvalue weighted by Crippen LogP contribution is 2.45. The number of hydrogen-bond donors (Lipinski definition) is 2. The van der Waals surface area contributed by atoms with Gasteiger partial charge in [-0.1, -0.05) is 84.1 Å². The van der Waals surface area contributed by atoms with Crippen LogP contribution >= 0.6 is 0 Å². The molecule has 0 bridgehead atoms. The first-order valence-electron chi connectivity index (χ1n) is 18.4. The molecule has 8 nitrogen and oxygen atoms in total. The molecule has 2 N–H and O–H groups in total. The molecule has 3 aromatic carbocycles. The molecule has 1 aromatic heterocycles. The second-order valence-electron chi connectivity index (χ2n) is 12.5. The van der Waals surface area contributed by atoms with Gasteiger partial charge in [0.25, 0.3) is 5.91 Å². The average Bonchev–Trinajstić information content (AvgIpc) is 3.15. The molecule has 8 heteroatoms. The molecule has 2 fully saturated rings. The number of aromatic nitrogens is 1. The number of nitrogens with zero attached hydrogens (tertiary/aromatic N) is 2. The first-order valence-corrected chi connectivity index (χ1v) is 18.4. The topological polar surface area (TPSA) is 84.8 Å². The van der Waals surface area contributed by atoms with Crippen LogP contribution in [0.25, 0.3) is 27.4 Å². The summed E-state index contributed by atoms with van der Waals surface area (Å²) in [5.41, 5.74) is 2.24. The van der Waals surface area contributed by atoms with E-state index in [2.05, 4.69) is 33.7 Å². The monoisotopic (exact) mass is 654 g/mol. The SMILES string of the molecule is CC.CC.O=C(NCCCN1CCOCC1)c1cn2c3c(c(NCCCC4CCCCC4)ccc3c1=O)Oc1cc3ccccc3cc1-2. The van der Waals surface area contributed by atoms with Crippen molar-refractivity contribution in [3.05, 3.63) is 70.5 Å². The molecule has 1 saturated heterocycles. The van der Waals surface area contributed by atoms with Gasteiger partial charge < -0.3 is 24.7 Å². The second kappa shape index (κ2) is 17.5. The molecular weight excluding hydrogens is 600 g/mol. The fraction of sp³-hybridized carbons (Fsp3) is 0.500. The summed E-state index contributed by atoms with van der Waals surface area (Å²) in [4.78, 5) is 29.6. The summed E-state index contributed by atoms with van der Waals surface area (Å²) in [5, 5.41) is 9.23. The van der Waals surface area contributed by atoms with Crippen molar-refractivity contribution < 1.29 is 14.3 Å². The van der Waals surface area contributed by atoms with Crippen molar-refractivity contribution in [2.24, 2.45) is 5.92 Å². The highest BCUT2D eigenvalue weighted by atomic mass is 16.5. The number of fused-ring (bicyclic) bond motifs is 3. The van der Waals surface area contributed by atoms with Crippen LogP contribution < -0.4 is 20.8 Å². The minimum atomic E-state index is -0.345. The summed E-state index contributed by atoms with van der Waals surface area (Å²) in [6.07, 6.45) is 11.7. The third-order valence-electron chi connectivity index (χ3n) is 9.53. The van der Waals surface area contributed by atoms with Gasteiger partial charge in [0.1, 0.15) is 11.1 Å². The van der Waals surface area contributed by atoms with E-state index in [9.17, 15) is 9.59 Å². The summed E-state index contributed by atoms with van der Waals surface area (Å²) in [6.45, 7) is 13.6. The fourth-order valence-electron chi connectivity index (χ4n) is 7.09. The lowest BCUT2D eigenvalue weighted by atomic mass is 9.86. The Labute approximate surface area is 285 Å². The van der Waals surface area contributed by atoms with Gasteiger partial charge >= 0.3 is 0 Å². The summed E-state index contributed by atoms with van der Waals surface area (Å²) in [6, 6.07) is 16.1. The van der Waals surface area contributed by atoms with E-state index in [1.807, 2.05) is 62.6 Å². The largest absolute Gasteiger partial charge is 0.451 e. The minimum absolute atomic E-state index is 0.143. The molecule has 0 radical (unpaired) electrons. The molecule has 0 unspecified atom stereocenters. The lowest BCUT2D eigenvalue weighted by Crippen LogP contribution is -2.38. The molecule has 1 aliphatic carbocycles. The van der Waals surface area contributed by atoms with Crippen LogP contribution in [0.15, 0.2) is 59.5 Å². The zero-order chi connectivity index (χ0) is 33.9. The van der Waals surface area contributed by atoms with Gasteiger partial charge in [-0.3, -0.25) is 14.5 Å². The molecule has 4 aromatic rings. The van der Waals surface area contributed by atoms with Crippen molar-refractivity contribution >= 4 is 33.3 Å². The molecular formula is C40H54N4O4. The first-order chi connectivity index (χ1) is 23.7. The molecule has 258 valence electrons. The zero-order valence-electron chi connectivity index (χ0n) is 29.4. The van der Waals surface area contributed by atoms with E-state index in [1.165, 1.54) is 38.5 Å². The second-order valence-corrected chi connectivity index (χ2v) is 12.5. The Hall–Kier alpha value is -3.88. The van der Waals surface area contributed by atoms with Crippen LogP contribution in [0.2, 0.25) is 0 Å². The highest BCUT2D eigenvalue weighted by molar-refractivity contribution is 6.01. The number of ether oxygens (including phenoxy) is 2. The predicted molar refractivity (Wildman–Crippen MR) is 198 cm³/mol. The Morgan fingerprint density at radius 3 is 2.38 bits per heavy atom. The van der Waals surface area contributed by atoms with E-state index in [-0.39, 0.29) is 16.9 Å². The van der Waals surface area contributed by atoms with Gasteiger partial charge in [0.2, 0.25) is 5.43 Å². The van der Waals surface area contributed by atoms with Crippen LogP contribution in [-0.4, -0.2) is 61.3 Å². The van der Waals surface area contributed by atoms with Crippen LogP contribution in [0.1, 0.15) is 89.4 Å². The fourth-order valence-corrected chi connectivity index (χ4v) is 7.09. The van der Waals surface area contributed by atoms with E-state index < -0.39 is 0 Å². The molecule has 2 aliphatic heterocycles. The van der Waals surface area contributed by atoms with Crippen LogP contribution in [-0.2, 0) is 4.74 Å². The summed E-state index contributed by atoms with van der Waals surface area (Å²) >= 11 is 0. The van der Waals surface area contributed by atoms with Crippen LogP contribution in [0.5, 0.6) is 11.5 Å². The maximum Gasteiger partial charge on any atom is 0.256 e. The predicted octanol–water partition coefficient (Wildman–Crippen LogP) is 8.53. The number of nitrogens with one attached hydrogen (secondary N) is 2. The van der Waals surface area contributed by atoms with Crippen molar-refractivity contribution in [1.82, 2.24) is 14.8 Å². The third-order valence-corrected chi connectivity index (χ3v) is 9.53. The Bertz CT molecular complexity index is 1720. The maximum atomic E-state index is 13.8. The lowest BCUT2D eigenvalue weighted by Gasteiger charge is -2.27. The summed E-state index contributed by atoms with van der Waals surface area (Å²) in [7, 11) is 0. The average molecular weight is 655 g/mol. The number of anilines is 1. The Morgan fingerprint density at radius 2 is 1.62 bits per heavy atom. The molecule has 3 aliphatic rings. The first kappa shape index (κ1) is 35.4. The van der Waals surface area contributed by atoms with Gasteiger partial charge in [0, 0.05) is 32.4 Å². The van der Waals surface area contributed by atoms with Gasteiger partial charge in [0.15, 0.2) is 11.5 Å². The van der Waals surface area contributed by atoms with Gasteiger partial charge in [-0.2, -0.15) is 0 Å². The number of morpholine rings is 1. The van der Waals surface area contributed by atoms with E-state index >= 15 is 0 Å². The van der Waals surface area contributed by atoms with Crippen molar-refractivity contribution in [3.63, 3.8) is 0 Å². The number of hydrogen-bond acceptors (Lipinski definition) is 6. The van der Waals surface area contributed by atoms with Crippen molar-refractivity contribution in [3.8, 4) is 17.2 Å². The van der Waals surface area contributed by atoms with Gasteiger partial charge in [0.05, 0.1) is 30.0 Å². The molecule has 7 rings (SSSR count). The van der Waals surface area contributed by atoms with Crippen molar-refractivity contribution in [2.45, 2.75) is 79.1 Å².